The molecule has 8 heavy (non-hydrogen) atoms. The molecule has 0 aromatic carbocycles. The molecule has 0 heterocycles. The van der Waals surface area contributed by atoms with Crippen LogP contribution in [0.3, 0.4) is 0 Å². The van der Waals surface area contributed by atoms with Gasteiger partial charge in [0.25, 0.3) is 0 Å². The molecule has 1 atom stereocenters. The topological polar surface area (TPSA) is 20.2 Å². The molecule has 0 rings (SSSR count). The van der Waals surface area contributed by atoms with Crippen molar-refractivity contribution in [2.24, 2.45) is 0 Å². The number of alkyl halides is 2. The van der Waals surface area contributed by atoms with E-state index in [2.05, 4.69) is 22.5 Å². The van der Waals surface area contributed by atoms with Crippen LogP contribution in [0.1, 0.15) is 0 Å². The van der Waals surface area contributed by atoms with Crippen LogP contribution in [0.2, 0.25) is 0 Å². The quantitative estimate of drug-likeness (QED) is 0.540. The zero-order valence-corrected chi connectivity index (χ0v) is 6.74. The molecule has 0 saturated carbocycles. The molecule has 0 aliphatic rings. The van der Waals surface area contributed by atoms with Gasteiger partial charge in [-0.3, -0.25) is 0 Å². The summed E-state index contributed by atoms with van der Waals surface area (Å²) >= 11 is 8.81. The van der Waals surface area contributed by atoms with E-state index in [1.165, 1.54) is 6.08 Å². The fraction of sp³-hybridized carbons (Fsp3) is 0.600. The van der Waals surface area contributed by atoms with Crippen molar-refractivity contribution in [3.63, 3.8) is 0 Å². The largest absolute Gasteiger partial charge is 0.394 e. The molecule has 0 unspecified atom stereocenters. The van der Waals surface area contributed by atoms with Crippen LogP contribution in [0.5, 0.6) is 0 Å². The standard InChI is InChI=1S/C5H8BrClO/c1-2-5(7,3-6)4-8/h2,8H,1,3-4H2/t5-/m1/s1. The molecule has 0 spiro atoms. The third kappa shape index (κ3) is 2.16. The third-order valence-electron chi connectivity index (χ3n) is 0.851. The van der Waals surface area contributed by atoms with Gasteiger partial charge in [0.1, 0.15) is 0 Å². The zero-order chi connectivity index (χ0) is 6.62. The Hall–Kier alpha value is 0.470. The average Bonchev–Trinajstić information content (AvgIpc) is 1.87. The maximum atomic E-state index is 8.55. The molecule has 1 N–H and O–H groups in total. The average molecular weight is 199 g/mol. The van der Waals surface area contributed by atoms with Crippen molar-refractivity contribution in [3.8, 4) is 0 Å². The van der Waals surface area contributed by atoms with Gasteiger partial charge in [-0.05, 0) is 0 Å². The predicted octanol–water partition coefficient (Wildman–Crippen LogP) is 1.54. The van der Waals surface area contributed by atoms with E-state index in [1.807, 2.05) is 0 Å². The minimum absolute atomic E-state index is 0.0801. The fourth-order valence-corrected chi connectivity index (χ4v) is 0.568. The molecule has 0 radical (unpaired) electrons. The lowest BCUT2D eigenvalue weighted by Crippen LogP contribution is -2.24. The number of halogens is 2. The summed E-state index contributed by atoms with van der Waals surface area (Å²) < 4.78 is 0. The number of hydrogen-bond donors (Lipinski definition) is 1. The highest BCUT2D eigenvalue weighted by Gasteiger charge is 2.19. The smallest absolute Gasteiger partial charge is 0.0949 e. The lowest BCUT2D eigenvalue weighted by Gasteiger charge is -2.14. The molecule has 0 aromatic heterocycles. The first kappa shape index (κ1) is 8.47. The summed E-state index contributed by atoms with van der Waals surface area (Å²) in [5.41, 5.74) is 0. The first-order valence-corrected chi connectivity index (χ1v) is 3.68. The van der Waals surface area contributed by atoms with E-state index >= 15 is 0 Å². The number of aliphatic hydroxyl groups is 1. The second-order valence-electron chi connectivity index (χ2n) is 1.53. The molecule has 0 aromatic rings. The highest BCUT2D eigenvalue weighted by Crippen LogP contribution is 2.17. The zero-order valence-electron chi connectivity index (χ0n) is 4.40. The number of hydrogen-bond acceptors (Lipinski definition) is 1. The Morgan fingerprint density at radius 1 is 1.88 bits per heavy atom. The van der Waals surface area contributed by atoms with Gasteiger partial charge in [0.15, 0.2) is 0 Å². The van der Waals surface area contributed by atoms with Crippen LogP contribution in [0.15, 0.2) is 12.7 Å². The monoisotopic (exact) mass is 198 g/mol. The van der Waals surface area contributed by atoms with Crippen molar-refractivity contribution in [1.29, 1.82) is 0 Å². The highest BCUT2D eigenvalue weighted by atomic mass is 79.9. The lowest BCUT2D eigenvalue weighted by molar-refractivity contribution is 0.276. The third-order valence-corrected chi connectivity index (χ3v) is 2.58. The predicted molar refractivity (Wildman–Crippen MR) is 39.7 cm³/mol. The lowest BCUT2D eigenvalue weighted by atomic mass is 10.2. The van der Waals surface area contributed by atoms with Crippen molar-refractivity contribution in [1.82, 2.24) is 0 Å². The molecule has 0 amide bonds. The van der Waals surface area contributed by atoms with Crippen LogP contribution < -0.4 is 0 Å². The first-order valence-electron chi connectivity index (χ1n) is 2.18. The molecule has 1 nitrogen and oxygen atoms in total. The maximum absolute atomic E-state index is 8.55. The molecule has 0 bridgehead atoms. The SMILES string of the molecule is C=C[C@](Cl)(CO)CBr. The van der Waals surface area contributed by atoms with Crippen molar-refractivity contribution in [3.05, 3.63) is 12.7 Å². The van der Waals surface area contributed by atoms with Crippen LogP contribution in [-0.2, 0) is 0 Å². The second kappa shape index (κ2) is 3.49. The van der Waals surface area contributed by atoms with E-state index in [9.17, 15) is 0 Å². The Kier molecular flexibility index (Phi) is 3.69. The van der Waals surface area contributed by atoms with E-state index in [0.717, 1.165) is 0 Å². The number of aliphatic hydroxyl groups excluding tert-OH is 1. The molecule has 48 valence electrons. The van der Waals surface area contributed by atoms with Gasteiger partial charge in [0.05, 0.1) is 11.5 Å². The van der Waals surface area contributed by atoms with Gasteiger partial charge >= 0.3 is 0 Å². The van der Waals surface area contributed by atoms with Crippen molar-refractivity contribution >= 4 is 27.5 Å². The summed E-state index contributed by atoms with van der Waals surface area (Å²) in [6, 6.07) is 0. The summed E-state index contributed by atoms with van der Waals surface area (Å²) in [4.78, 5) is -0.667. The highest BCUT2D eigenvalue weighted by molar-refractivity contribution is 9.09. The van der Waals surface area contributed by atoms with Gasteiger partial charge in [-0.25, -0.2) is 0 Å². The minimum Gasteiger partial charge on any atom is -0.394 e. The van der Waals surface area contributed by atoms with Crippen LogP contribution in [0.4, 0.5) is 0 Å². The molecular formula is C5H8BrClO. The van der Waals surface area contributed by atoms with Crippen molar-refractivity contribution < 1.29 is 5.11 Å². The molecule has 0 saturated heterocycles. The van der Waals surface area contributed by atoms with E-state index in [1.54, 1.807) is 0 Å². The minimum atomic E-state index is -0.667. The first-order chi connectivity index (χ1) is 3.68. The van der Waals surface area contributed by atoms with Gasteiger partial charge < -0.3 is 5.11 Å². The molecule has 0 aliphatic carbocycles. The van der Waals surface area contributed by atoms with E-state index in [-0.39, 0.29) is 6.61 Å². The van der Waals surface area contributed by atoms with Crippen LogP contribution in [0.25, 0.3) is 0 Å². The Morgan fingerprint density at radius 2 is 2.38 bits per heavy atom. The van der Waals surface area contributed by atoms with Gasteiger partial charge in [0.2, 0.25) is 0 Å². The fourth-order valence-electron chi connectivity index (χ4n) is 0.161. The summed E-state index contributed by atoms with van der Waals surface area (Å²) in [5, 5.41) is 9.08. The summed E-state index contributed by atoms with van der Waals surface area (Å²) in [6.45, 7) is 3.37. The van der Waals surface area contributed by atoms with Crippen molar-refractivity contribution in [2.45, 2.75) is 4.87 Å². The normalized spacial score (nSPS) is 17.4. The molecule has 0 fully saturated rings. The van der Waals surface area contributed by atoms with E-state index in [4.69, 9.17) is 16.7 Å². The molecule has 0 aliphatic heterocycles. The Bertz CT molecular complexity index is 80.5. The summed E-state index contributed by atoms with van der Waals surface area (Å²) in [7, 11) is 0. The molecule has 3 heteroatoms. The maximum Gasteiger partial charge on any atom is 0.0949 e. The van der Waals surface area contributed by atoms with Gasteiger partial charge in [-0.2, -0.15) is 0 Å². The molecular weight excluding hydrogens is 191 g/mol. The second-order valence-corrected chi connectivity index (χ2v) is 2.84. The summed E-state index contributed by atoms with van der Waals surface area (Å²) in [5.74, 6) is 0. The number of rotatable bonds is 3. The van der Waals surface area contributed by atoms with Crippen LogP contribution in [-0.4, -0.2) is 21.9 Å². The van der Waals surface area contributed by atoms with E-state index < -0.39 is 4.87 Å². The summed E-state index contributed by atoms with van der Waals surface area (Å²) in [6.07, 6.45) is 1.52. The van der Waals surface area contributed by atoms with Crippen LogP contribution >= 0.6 is 27.5 Å². The van der Waals surface area contributed by atoms with E-state index in [0.29, 0.717) is 5.33 Å². The Labute approximate surface area is 62.5 Å². The Morgan fingerprint density at radius 3 is 2.38 bits per heavy atom. The van der Waals surface area contributed by atoms with Gasteiger partial charge in [-0.15, -0.1) is 18.2 Å². The Balaban J connectivity index is 3.76. The van der Waals surface area contributed by atoms with Crippen molar-refractivity contribution in [2.75, 3.05) is 11.9 Å². The van der Waals surface area contributed by atoms with Crippen LogP contribution in [0, 0.1) is 0 Å². The van der Waals surface area contributed by atoms with Gasteiger partial charge in [0, 0.05) is 5.33 Å². The van der Waals surface area contributed by atoms with Gasteiger partial charge in [-0.1, -0.05) is 22.0 Å².